The third kappa shape index (κ3) is 3.98. The highest BCUT2D eigenvalue weighted by atomic mass is 16.1. The van der Waals surface area contributed by atoms with Crippen LogP contribution in [0.15, 0.2) is 24.5 Å². The van der Waals surface area contributed by atoms with Crippen molar-refractivity contribution in [3.05, 3.63) is 30.1 Å². The van der Waals surface area contributed by atoms with Gasteiger partial charge in [-0.05, 0) is 25.0 Å². The molecule has 4 nitrogen and oxygen atoms in total. The predicted molar refractivity (Wildman–Crippen MR) is 63.7 cm³/mol. The Morgan fingerprint density at radius 1 is 1.62 bits per heavy atom. The molecular formula is C12H19N3O. The van der Waals surface area contributed by atoms with E-state index in [0.717, 1.165) is 12.0 Å². The van der Waals surface area contributed by atoms with E-state index >= 15 is 0 Å². The minimum absolute atomic E-state index is 0.00861. The van der Waals surface area contributed by atoms with Crippen molar-refractivity contribution < 1.29 is 4.79 Å². The molecule has 0 saturated heterocycles. The van der Waals surface area contributed by atoms with Crippen LogP contribution < -0.4 is 11.1 Å². The van der Waals surface area contributed by atoms with E-state index in [4.69, 9.17) is 5.73 Å². The van der Waals surface area contributed by atoms with E-state index in [1.165, 1.54) is 0 Å². The fourth-order valence-corrected chi connectivity index (χ4v) is 1.40. The number of amides is 1. The molecule has 3 N–H and O–H groups in total. The number of hydrogen-bond acceptors (Lipinski definition) is 3. The summed E-state index contributed by atoms with van der Waals surface area (Å²) in [4.78, 5) is 15.6. The fourth-order valence-electron chi connectivity index (χ4n) is 1.40. The molecule has 4 heteroatoms. The van der Waals surface area contributed by atoms with E-state index in [2.05, 4.69) is 10.3 Å². The van der Waals surface area contributed by atoms with Crippen molar-refractivity contribution in [3.63, 3.8) is 0 Å². The number of nitrogens with zero attached hydrogens (tertiary/aromatic N) is 1. The van der Waals surface area contributed by atoms with Crippen LogP contribution in [0, 0.1) is 0 Å². The van der Waals surface area contributed by atoms with Gasteiger partial charge in [-0.25, -0.2) is 0 Å². The number of pyridine rings is 1. The molecule has 1 heterocycles. The third-order valence-electron chi connectivity index (χ3n) is 2.53. The number of nitrogens with two attached hydrogens (primary N) is 1. The molecule has 1 unspecified atom stereocenters. The van der Waals surface area contributed by atoms with Crippen LogP contribution in [0.2, 0.25) is 0 Å². The first kappa shape index (κ1) is 12.6. The zero-order chi connectivity index (χ0) is 12.0. The maximum Gasteiger partial charge on any atom is 0.222 e. The van der Waals surface area contributed by atoms with Gasteiger partial charge in [0.2, 0.25) is 5.91 Å². The Morgan fingerprint density at radius 2 is 2.38 bits per heavy atom. The molecular weight excluding hydrogens is 202 g/mol. The van der Waals surface area contributed by atoms with Gasteiger partial charge in [-0.1, -0.05) is 13.0 Å². The average molecular weight is 221 g/mol. The number of carbonyl (C=O) groups excluding carboxylic acids is 1. The zero-order valence-corrected chi connectivity index (χ0v) is 9.81. The second-order valence-corrected chi connectivity index (χ2v) is 3.95. The quantitative estimate of drug-likeness (QED) is 0.789. The molecule has 0 bridgehead atoms. The lowest BCUT2D eigenvalue weighted by molar-refractivity contribution is -0.122. The van der Waals surface area contributed by atoms with Crippen molar-refractivity contribution in [1.82, 2.24) is 10.3 Å². The first-order valence-electron chi connectivity index (χ1n) is 5.58. The largest absolute Gasteiger partial charge is 0.349 e. The van der Waals surface area contributed by atoms with E-state index in [9.17, 15) is 4.79 Å². The Bertz CT molecular complexity index is 326. The first-order chi connectivity index (χ1) is 7.63. The standard InChI is InChI=1S/C12H19N3O/c1-3-11(13)7-12(16)15-9(2)10-5-4-6-14-8-10/h4-6,8-9,11H,3,7,13H2,1-2H3,(H,15,16)/t9-,11?/m1/s1. The number of nitrogens with one attached hydrogen (secondary N) is 1. The molecule has 1 aromatic heterocycles. The van der Waals surface area contributed by atoms with Crippen LogP contribution in [0.1, 0.15) is 38.3 Å². The van der Waals surface area contributed by atoms with Gasteiger partial charge in [-0.3, -0.25) is 9.78 Å². The van der Waals surface area contributed by atoms with E-state index < -0.39 is 0 Å². The molecule has 1 aromatic rings. The Balaban J connectivity index is 2.46. The highest BCUT2D eigenvalue weighted by Crippen LogP contribution is 2.10. The lowest BCUT2D eigenvalue weighted by atomic mass is 10.1. The maximum absolute atomic E-state index is 11.6. The monoisotopic (exact) mass is 221 g/mol. The van der Waals surface area contributed by atoms with Crippen molar-refractivity contribution in [2.75, 3.05) is 0 Å². The zero-order valence-electron chi connectivity index (χ0n) is 9.81. The highest BCUT2D eigenvalue weighted by molar-refractivity contribution is 5.77. The van der Waals surface area contributed by atoms with E-state index in [0.29, 0.717) is 6.42 Å². The summed E-state index contributed by atoms with van der Waals surface area (Å²) < 4.78 is 0. The molecule has 0 aliphatic heterocycles. The molecule has 88 valence electrons. The first-order valence-corrected chi connectivity index (χ1v) is 5.58. The minimum atomic E-state index is -0.0545. The molecule has 2 atom stereocenters. The van der Waals surface area contributed by atoms with Gasteiger partial charge in [0.1, 0.15) is 0 Å². The van der Waals surface area contributed by atoms with Gasteiger partial charge in [0, 0.05) is 24.9 Å². The summed E-state index contributed by atoms with van der Waals surface area (Å²) >= 11 is 0. The summed E-state index contributed by atoms with van der Waals surface area (Å²) in [7, 11) is 0. The van der Waals surface area contributed by atoms with Gasteiger partial charge in [0.05, 0.1) is 6.04 Å². The lowest BCUT2D eigenvalue weighted by Gasteiger charge is -2.15. The van der Waals surface area contributed by atoms with E-state index in [1.807, 2.05) is 26.0 Å². The van der Waals surface area contributed by atoms with E-state index in [-0.39, 0.29) is 18.0 Å². The molecule has 16 heavy (non-hydrogen) atoms. The molecule has 0 aliphatic carbocycles. The summed E-state index contributed by atoms with van der Waals surface area (Å²) in [6.45, 7) is 3.91. The fraction of sp³-hybridized carbons (Fsp3) is 0.500. The summed E-state index contributed by atoms with van der Waals surface area (Å²) in [5.41, 5.74) is 6.72. The number of carbonyl (C=O) groups is 1. The predicted octanol–water partition coefficient (Wildman–Crippen LogP) is 1.39. The van der Waals surface area contributed by atoms with Gasteiger partial charge in [0.15, 0.2) is 0 Å². The van der Waals surface area contributed by atoms with Crippen LogP contribution in [0.3, 0.4) is 0 Å². The van der Waals surface area contributed by atoms with Crippen molar-refractivity contribution in [1.29, 1.82) is 0 Å². The molecule has 0 aromatic carbocycles. The number of hydrogen-bond donors (Lipinski definition) is 2. The second kappa shape index (κ2) is 6.23. The Hall–Kier alpha value is -1.42. The van der Waals surface area contributed by atoms with Gasteiger partial charge in [-0.15, -0.1) is 0 Å². The molecule has 0 spiro atoms. The van der Waals surface area contributed by atoms with Crippen LogP contribution >= 0.6 is 0 Å². The van der Waals surface area contributed by atoms with Gasteiger partial charge in [0.25, 0.3) is 0 Å². The smallest absolute Gasteiger partial charge is 0.222 e. The third-order valence-corrected chi connectivity index (χ3v) is 2.53. The van der Waals surface area contributed by atoms with Crippen molar-refractivity contribution in [2.45, 2.75) is 38.8 Å². The summed E-state index contributed by atoms with van der Waals surface area (Å²) in [6.07, 6.45) is 4.66. The number of aromatic nitrogens is 1. The summed E-state index contributed by atoms with van der Waals surface area (Å²) in [5.74, 6) is -0.00861. The van der Waals surface area contributed by atoms with Gasteiger partial charge >= 0.3 is 0 Å². The molecule has 0 aliphatic rings. The van der Waals surface area contributed by atoms with Crippen LogP contribution in [0.4, 0.5) is 0 Å². The Kier molecular flexibility index (Phi) is 4.92. The van der Waals surface area contributed by atoms with Crippen LogP contribution in [-0.2, 0) is 4.79 Å². The van der Waals surface area contributed by atoms with E-state index in [1.54, 1.807) is 12.4 Å². The van der Waals surface area contributed by atoms with Gasteiger partial charge in [-0.2, -0.15) is 0 Å². The molecule has 1 rings (SSSR count). The highest BCUT2D eigenvalue weighted by Gasteiger charge is 2.11. The molecule has 0 saturated carbocycles. The van der Waals surface area contributed by atoms with Crippen molar-refractivity contribution >= 4 is 5.91 Å². The normalized spacial score (nSPS) is 14.2. The number of rotatable bonds is 5. The Morgan fingerprint density at radius 3 is 2.94 bits per heavy atom. The van der Waals surface area contributed by atoms with Crippen molar-refractivity contribution in [3.8, 4) is 0 Å². The van der Waals surface area contributed by atoms with Crippen LogP contribution in [-0.4, -0.2) is 16.9 Å². The van der Waals surface area contributed by atoms with Crippen LogP contribution in [0.25, 0.3) is 0 Å². The molecule has 0 fully saturated rings. The van der Waals surface area contributed by atoms with Crippen LogP contribution in [0.5, 0.6) is 0 Å². The minimum Gasteiger partial charge on any atom is -0.349 e. The summed E-state index contributed by atoms with van der Waals surface area (Å²) in [6, 6.07) is 3.72. The average Bonchev–Trinajstić information content (AvgIpc) is 2.29. The molecule has 1 amide bonds. The lowest BCUT2D eigenvalue weighted by Crippen LogP contribution is -2.32. The second-order valence-electron chi connectivity index (χ2n) is 3.95. The maximum atomic E-state index is 11.6. The summed E-state index contributed by atoms with van der Waals surface area (Å²) in [5, 5.41) is 2.90. The van der Waals surface area contributed by atoms with Crippen molar-refractivity contribution in [2.24, 2.45) is 5.73 Å². The molecule has 0 radical (unpaired) electrons. The SMILES string of the molecule is CCC(N)CC(=O)N[C@H](C)c1cccnc1. The van der Waals surface area contributed by atoms with Gasteiger partial charge < -0.3 is 11.1 Å². The Labute approximate surface area is 96.3 Å². The topological polar surface area (TPSA) is 68.0 Å².